The summed E-state index contributed by atoms with van der Waals surface area (Å²) >= 11 is 0. The summed E-state index contributed by atoms with van der Waals surface area (Å²) in [6, 6.07) is 4.00. The predicted octanol–water partition coefficient (Wildman–Crippen LogP) is -0.109. The highest BCUT2D eigenvalue weighted by Gasteiger charge is 2.05. The van der Waals surface area contributed by atoms with Gasteiger partial charge in [-0.25, -0.2) is 0 Å². The fourth-order valence-electron chi connectivity index (χ4n) is 1.34. The molecule has 1 aromatic heterocycles. The number of carbonyl (C=O) groups is 1. The Morgan fingerprint density at radius 2 is 2.47 bits per heavy atom. The van der Waals surface area contributed by atoms with Crippen molar-refractivity contribution in [3.8, 4) is 6.07 Å². The van der Waals surface area contributed by atoms with Crippen LogP contribution in [0.2, 0.25) is 0 Å². The molecule has 1 heterocycles. The third kappa shape index (κ3) is 5.68. The largest absolute Gasteiger partial charge is 0.354 e. The third-order valence-corrected chi connectivity index (χ3v) is 2.19. The second-order valence-corrected chi connectivity index (χ2v) is 3.77. The van der Waals surface area contributed by atoms with Crippen molar-refractivity contribution in [1.82, 2.24) is 20.4 Å². The SMILES string of the molecule is C[C@H](Cn1cccn1)NCC(=O)NCCC#N. The van der Waals surface area contributed by atoms with Gasteiger partial charge in [-0.1, -0.05) is 0 Å². The van der Waals surface area contributed by atoms with Crippen LogP contribution in [-0.4, -0.2) is 34.8 Å². The quantitative estimate of drug-likeness (QED) is 0.646. The number of carbonyl (C=O) groups excluding carboxylic acids is 1. The van der Waals surface area contributed by atoms with Gasteiger partial charge in [0.1, 0.15) is 0 Å². The topological polar surface area (TPSA) is 82.7 Å². The lowest BCUT2D eigenvalue weighted by Gasteiger charge is -2.13. The van der Waals surface area contributed by atoms with Crippen LogP contribution in [0.25, 0.3) is 0 Å². The first-order chi connectivity index (χ1) is 8.22. The number of amides is 1. The van der Waals surface area contributed by atoms with E-state index in [1.807, 2.05) is 29.9 Å². The van der Waals surface area contributed by atoms with Crippen molar-refractivity contribution in [3.05, 3.63) is 18.5 Å². The van der Waals surface area contributed by atoms with Crippen LogP contribution in [0.5, 0.6) is 0 Å². The van der Waals surface area contributed by atoms with E-state index in [4.69, 9.17) is 5.26 Å². The summed E-state index contributed by atoms with van der Waals surface area (Å²) < 4.78 is 1.81. The normalized spacial score (nSPS) is 11.8. The fourth-order valence-corrected chi connectivity index (χ4v) is 1.34. The zero-order valence-electron chi connectivity index (χ0n) is 9.89. The number of nitriles is 1. The Morgan fingerprint density at radius 1 is 1.65 bits per heavy atom. The summed E-state index contributed by atoms with van der Waals surface area (Å²) in [6.45, 7) is 3.38. The van der Waals surface area contributed by atoms with Gasteiger partial charge in [-0.05, 0) is 13.0 Å². The maximum absolute atomic E-state index is 11.3. The van der Waals surface area contributed by atoms with E-state index in [1.54, 1.807) is 6.20 Å². The lowest BCUT2D eigenvalue weighted by atomic mass is 10.3. The molecule has 0 aliphatic carbocycles. The van der Waals surface area contributed by atoms with E-state index in [9.17, 15) is 4.79 Å². The number of hydrogen-bond acceptors (Lipinski definition) is 4. The average Bonchev–Trinajstić information content (AvgIpc) is 2.79. The lowest BCUT2D eigenvalue weighted by molar-refractivity contribution is -0.120. The van der Waals surface area contributed by atoms with E-state index < -0.39 is 0 Å². The molecule has 0 bridgehead atoms. The molecule has 1 aromatic rings. The molecule has 0 radical (unpaired) electrons. The van der Waals surface area contributed by atoms with E-state index in [2.05, 4.69) is 15.7 Å². The Balaban J connectivity index is 2.13. The van der Waals surface area contributed by atoms with Gasteiger partial charge in [0, 0.05) is 25.0 Å². The second kappa shape index (κ2) is 7.41. The van der Waals surface area contributed by atoms with E-state index in [-0.39, 0.29) is 18.5 Å². The van der Waals surface area contributed by atoms with Crippen LogP contribution in [0.15, 0.2) is 18.5 Å². The van der Waals surface area contributed by atoms with Crippen LogP contribution in [0.3, 0.4) is 0 Å². The van der Waals surface area contributed by atoms with Crippen molar-refractivity contribution in [1.29, 1.82) is 5.26 Å². The van der Waals surface area contributed by atoms with Gasteiger partial charge in [0.2, 0.25) is 5.91 Å². The summed E-state index contributed by atoms with van der Waals surface area (Å²) in [7, 11) is 0. The Hall–Kier alpha value is -1.87. The highest BCUT2D eigenvalue weighted by atomic mass is 16.1. The molecule has 0 spiro atoms. The zero-order chi connectivity index (χ0) is 12.5. The Bertz CT molecular complexity index is 368. The van der Waals surface area contributed by atoms with Gasteiger partial charge in [0.25, 0.3) is 0 Å². The first kappa shape index (κ1) is 13.2. The molecular weight excluding hydrogens is 218 g/mol. The van der Waals surface area contributed by atoms with Gasteiger partial charge in [-0.15, -0.1) is 0 Å². The molecule has 0 fully saturated rings. The molecule has 0 saturated heterocycles. The molecule has 0 aliphatic rings. The minimum absolute atomic E-state index is 0.0902. The summed E-state index contributed by atoms with van der Waals surface area (Å²) in [5, 5.41) is 18.1. The van der Waals surface area contributed by atoms with Gasteiger partial charge in [0.15, 0.2) is 0 Å². The molecule has 0 aliphatic heterocycles. The lowest BCUT2D eigenvalue weighted by Crippen LogP contribution is -2.40. The molecule has 2 N–H and O–H groups in total. The van der Waals surface area contributed by atoms with E-state index in [1.165, 1.54) is 0 Å². The minimum atomic E-state index is -0.0902. The molecule has 0 aromatic carbocycles. The Labute approximate surface area is 101 Å². The zero-order valence-corrected chi connectivity index (χ0v) is 9.89. The fraction of sp³-hybridized carbons (Fsp3) is 0.545. The highest BCUT2D eigenvalue weighted by Crippen LogP contribution is 1.89. The number of hydrogen-bond donors (Lipinski definition) is 2. The minimum Gasteiger partial charge on any atom is -0.354 e. The second-order valence-electron chi connectivity index (χ2n) is 3.77. The van der Waals surface area contributed by atoms with E-state index in [0.29, 0.717) is 13.0 Å². The van der Waals surface area contributed by atoms with Gasteiger partial charge < -0.3 is 10.6 Å². The molecule has 92 valence electrons. The van der Waals surface area contributed by atoms with Gasteiger partial charge >= 0.3 is 0 Å². The van der Waals surface area contributed by atoms with Gasteiger partial charge in [0.05, 0.1) is 25.6 Å². The number of nitrogens with one attached hydrogen (secondary N) is 2. The van der Waals surface area contributed by atoms with Crippen molar-refractivity contribution < 1.29 is 4.79 Å². The van der Waals surface area contributed by atoms with Crippen LogP contribution >= 0.6 is 0 Å². The smallest absolute Gasteiger partial charge is 0.234 e. The van der Waals surface area contributed by atoms with Crippen molar-refractivity contribution >= 4 is 5.91 Å². The summed E-state index contributed by atoms with van der Waals surface area (Å²) in [5.74, 6) is -0.0902. The third-order valence-electron chi connectivity index (χ3n) is 2.19. The van der Waals surface area contributed by atoms with Gasteiger partial charge in [-0.3, -0.25) is 9.48 Å². The Kier molecular flexibility index (Phi) is 5.75. The first-order valence-electron chi connectivity index (χ1n) is 5.57. The molecular formula is C11H17N5O. The van der Waals surface area contributed by atoms with Crippen molar-refractivity contribution in [2.45, 2.75) is 25.9 Å². The van der Waals surface area contributed by atoms with Crippen molar-refractivity contribution in [2.75, 3.05) is 13.1 Å². The molecule has 6 heteroatoms. The predicted molar refractivity (Wildman–Crippen MR) is 62.9 cm³/mol. The number of aromatic nitrogens is 2. The first-order valence-corrected chi connectivity index (χ1v) is 5.57. The molecule has 0 unspecified atom stereocenters. The van der Waals surface area contributed by atoms with Gasteiger partial charge in [-0.2, -0.15) is 10.4 Å². The summed E-state index contributed by atoms with van der Waals surface area (Å²) in [4.78, 5) is 11.3. The summed E-state index contributed by atoms with van der Waals surface area (Å²) in [5.41, 5.74) is 0. The molecule has 1 rings (SSSR count). The maximum Gasteiger partial charge on any atom is 0.234 e. The van der Waals surface area contributed by atoms with E-state index in [0.717, 1.165) is 6.54 Å². The van der Waals surface area contributed by atoms with Crippen LogP contribution in [0.1, 0.15) is 13.3 Å². The van der Waals surface area contributed by atoms with E-state index >= 15 is 0 Å². The highest BCUT2D eigenvalue weighted by molar-refractivity contribution is 5.77. The van der Waals surface area contributed by atoms with Crippen molar-refractivity contribution in [2.24, 2.45) is 0 Å². The average molecular weight is 235 g/mol. The maximum atomic E-state index is 11.3. The molecule has 1 amide bonds. The standard InChI is InChI=1S/C11H17N5O/c1-10(9-16-7-3-6-15-16)14-8-11(17)13-5-2-4-12/h3,6-7,10,14H,2,5,8-9H2,1H3,(H,13,17)/t10-/m1/s1. The van der Waals surface area contributed by atoms with Crippen LogP contribution in [0, 0.1) is 11.3 Å². The van der Waals surface area contributed by atoms with Crippen LogP contribution < -0.4 is 10.6 Å². The Morgan fingerprint density at radius 3 is 3.12 bits per heavy atom. The van der Waals surface area contributed by atoms with Crippen LogP contribution in [-0.2, 0) is 11.3 Å². The number of rotatable bonds is 7. The molecule has 1 atom stereocenters. The monoisotopic (exact) mass is 235 g/mol. The molecule has 0 saturated carbocycles. The molecule has 6 nitrogen and oxygen atoms in total. The molecule has 17 heavy (non-hydrogen) atoms. The summed E-state index contributed by atoms with van der Waals surface area (Å²) in [6.07, 6.45) is 3.95. The number of nitrogens with zero attached hydrogens (tertiary/aromatic N) is 3. The van der Waals surface area contributed by atoms with Crippen LogP contribution in [0.4, 0.5) is 0 Å². The van der Waals surface area contributed by atoms with Crippen molar-refractivity contribution in [3.63, 3.8) is 0 Å².